The van der Waals surface area contributed by atoms with Gasteiger partial charge in [-0.15, -0.1) is 0 Å². The molecular weight excluding hydrogens is 382 g/mol. The highest BCUT2D eigenvalue weighted by Gasteiger charge is 2.23. The van der Waals surface area contributed by atoms with Gasteiger partial charge in [0.15, 0.2) is 0 Å². The number of methoxy groups -OCH3 is 1. The molecular formula is C16H22ClN3O5S. The predicted octanol–water partition coefficient (Wildman–Crippen LogP) is 1.31. The minimum absolute atomic E-state index is 0.0161. The van der Waals surface area contributed by atoms with Gasteiger partial charge in [-0.1, -0.05) is 23.7 Å². The van der Waals surface area contributed by atoms with Gasteiger partial charge in [-0.05, 0) is 18.6 Å². The van der Waals surface area contributed by atoms with Gasteiger partial charge in [0, 0.05) is 39.1 Å². The second kappa shape index (κ2) is 9.20. The number of nitrogens with zero attached hydrogens (tertiary/aromatic N) is 2. The Morgan fingerprint density at radius 3 is 2.50 bits per heavy atom. The van der Waals surface area contributed by atoms with Crippen molar-refractivity contribution in [1.82, 2.24) is 14.5 Å². The summed E-state index contributed by atoms with van der Waals surface area (Å²) in [6.07, 6.45) is 0.264. The monoisotopic (exact) mass is 403 g/mol. The Morgan fingerprint density at radius 2 is 1.81 bits per heavy atom. The summed E-state index contributed by atoms with van der Waals surface area (Å²) in [4.78, 5) is 27.0. The lowest BCUT2D eigenvalue weighted by atomic mass is 10.3. The molecule has 1 aliphatic heterocycles. The number of halogens is 1. The predicted molar refractivity (Wildman–Crippen MR) is 96.4 cm³/mol. The number of ether oxygens (including phenoxy) is 1. The Balaban J connectivity index is 1.85. The van der Waals surface area contributed by atoms with Crippen molar-refractivity contribution < 1.29 is 22.7 Å². The third-order valence-electron chi connectivity index (χ3n) is 4.04. The fourth-order valence-electron chi connectivity index (χ4n) is 2.67. The summed E-state index contributed by atoms with van der Waals surface area (Å²) in [6.45, 7) is 1.80. The molecule has 1 aliphatic rings. The van der Waals surface area contributed by atoms with Crippen molar-refractivity contribution in [1.29, 1.82) is 0 Å². The molecule has 0 unspecified atom stereocenters. The van der Waals surface area contributed by atoms with Crippen molar-refractivity contribution in [3.8, 4) is 0 Å². The number of nitrogens with one attached hydrogen (secondary N) is 1. The van der Waals surface area contributed by atoms with Crippen molar-refractivity contribution in [2.24, 2.45) is 0 Å². The van der Waals surface area contributed by atoms with Gasteiger partial charge in [-0.25, -0.2) is 17.9 Å². The van der Waals surface area contributed by atoms with Crippen molar-refractivity contribution in [3.63, 3.8) is 0 Å². The largest absolute Gasteiger partial charge is 0.453 e. The summed E-state index contributed by atoms with van der Waals surface area (Å²) in [6, 6.07) is 6.12. The lowest BCUT2D eigenvalue weighted by Crippen LogP contribution is -2.38. The minimum atomic E-state index is -3.77. The topological polar surface area (TPSA) is 96.0 Å². The van der Waals surface area contributed by atoms with Crippen LogP contribution >= 0.6 is 11.6 Å². The Labute approximate surface area is 158 Å². The number of hydrogen-bond acceptors (Lipinski definition) is 5. The van der Waals surface area contributed by atoms with Crippen LogP contribution in [0.1, 0.15) is 12.8 Å². The molecule has 10 heteroatoms. The Hall–Kier alpha value is -1.84. The maximum absolute atomic E-state index is 12.3. The van der Waals surface area contributed by atoms with Crippen molar-refractivity contribution in [3.05, 3.63) is 29.3 Å². The van der Waals surface area contributed by atoms with Gasteiger partial charge in [0.25, 0.3) is 0 Å². The molecule has 0 saturated carbocycles. The van der Waals surface area contributed by atoms with E-state index in [1.54, 1.807) is 21.9 Å². The number of carbonyl (C=O) groups excluding carboxylic acids is 2. The van der Waals surface area contributed by atoms with Crippen molar-refractivity contribution in [2.75, 3.05) is 39.8 Å². The van der Waals surface area contributed by atoms with E-state index < -0.39 is 16.1 Å². The van der Waals surface area contributed by atoms with Crippen LogP contribution in [0.3, 0.4) is 0 Å². The van der Waals surface area contributed by atoms with Crippen LogP contribution in [-0.4, -0.2) is 70.1 Å². The number of carbonyl (C=O) groups is 2. The highest BCUT2D eigenvalue weighted by molar-refractivity contribution is 7.89. The first-order valence-corrected chi connectivity index (χ1v) is 10.1. The summed E-state index contributed by atoms with van der Waals surface area (Å²) in [5, 5.41) is 0.127. The zero-order valence-electron chi connectivity index (χ0n) is 14.5. The average molecular weight is 404 g/mol. The summed E-state index contributed by atoms with van der Waals surface area (Å²) in [5.41, 5.74) is 0. The molecule has 2 amide bonds. The molecule has 26 heavy (non-hydrogen) atoms. The van der Waals surface area contributed by atoms with E-state index in [0.717, 1.165) is 0 Å². The molecule has 1 aromatic rings. The van der Waals surface area contributed by atoms with E-state index in [2.05, 4.69) is 4.72 Å². The highest BCUT2D eigenvalue weighted by atomic mass is 35.5. The fraction of sp³-hybridized carbons (Fsp3) is 0.500. The number of sulfonamides is 1. The lowest BCUT2D eigenvalue weighted by Gasteiger charge is -2.21. The van der Waals surface area contributed by atoms with E-state index in [1.807, 2.05) is 0 Å². The summed E-state index contributed by atoms with van der Waals surface area (Å²) in [7, 11) is -2.45. The molecule has 2 rings (SSSR count). The molecule has 144 valence electrons. The molecule has 0 bridgehead atoms. The summed E-state index contributed by atoms with van der Waals surface area (Å²) < 4.78 is 31.6. The van der Waals surface area contributed by atoms with E-state index in [1.165, 1.54) is 19.2 Å². The standard InChI is InChI=1S/C16H22ClN3O5S/c1-25-16(22)20-10-4-9-19(11-12-20)15(21)7-8-18-26(23,24)14-6-3-2-5-13(14)17/h2-3,5-6,18H,4,7-12H2,1H3. The van der Waals surface area contributed by atoms with Crippen LogP contribution < -0.4 is 4.72 Å². The number of rotatable bonds is 5. The first kappa shape index (κ1) is 20.5. The van der Waals surface area contributed by atoms with Crippen molar-refractivity contribution >= 4 is 33.6 Å². The number of hydrogen-bond donors (Lipinski definition) is 1. The second-order valence-corrected chi connectivity index (χ2v) is 7.91. The third-order valence-corrected chi connectivity index (χ3v) is 6.00. The van der Waals surface area contributed by atoms with Crippen LogP contribution in [0.5, 0.6) is 0 Å². The maximum atomic E-state index is 12.3. The van der Waals surface area contributed by atoms with E-state index in [9.17, 15) is 18.0 Å². The van der Waals surface area contributed by atoms with Crippen LogP contribution in [0.25, 0.3) is 0 Å². The van der Waals surface area contributed by atoms with E-state index in [4.69, 9.17) is 16.3 Å². The summed E-state index contributed by atoms with van der Waals surface area (Å²) in [5.74, 6) is -0.168. The molecule has 1 aromatic carbocycles. The Kier molecular flexibility index (Phi) is 7.24. The number of benzene rings is 1. The van der Waals surface area contributed by atoms with Crippen LogP contribution in [0.4, 0.5) is 4.79 Å². The normalized spacial score (nSPS) is 15.5. The molecule has 1 saturated heterocycles. The molecule has 0 radical (unpaired) electrons. The van der Waals surface area contributed by atoms with Crippen LogP contribution in [0.15, 0.2) is 29.2 Å². The van der Waals surface area contributed by atoms with E-state index in [0.29, 0.717) is 32.6 Å². The van der Waals surface area contributed by atoms with Gasteiger partial charge in [-0.2, -0.15) is 0 Å². The quantitative estimate of drug-likeness (QED) is 0.799. The third kappa shape index (κ3) is 5.33. The van der Waals surface area contributed by atoms with Gasteiger partial charge >= 0.3 is 6.09 Å². The lowest BCUT2D eigenvalue weighted by molar-refractivity contribution is -0.130. The van der Waals surface area contributed by atoms with Crippen LogP contribution in [-0.2, 0) is 19.6 Å². The van der Waals surface area contributed by atoms with Crippen LogP contribution in [0.2, 0.25) is 5.02 Å². The minimum Gasteiger partial charge on any atom is -0.453 e. The van der Waals surface area contributed by atoms with Gasteiger partial charge in [0.1, 0.15) is 4.90 Å². The first-order valence-electron chi connectivity index (χ1n) is 8.20. The first-order chi connectivity index (χ1) is 12.3. The fourth-order valence-corrected chi connectivity index (χ4v) is 4.22. The molecule has 1 N–H and O–H groups in total. The molecule has 1 fully saturated rings. The molecule has 8 nitrogen and oxygen atoms in total. The molecule has 0 aromatic heterocycles. The van der Waals surface area contributed by atoms with E-state index in [-0.39, 0.29) is 28.8 Å². The second-order valence-electron chi connectivity index (χ2n) is 5.77. The molecule has 0 aliphatic carbocycles. The average Bonchev–Trinajstić information content (AvgIpc) is 2.87. The Morgan fingerprint density at radius 1 is 1.15 bits per heavy atom. The van der Waals surface area contributed by atoms with Gasteiger partial charge in [0.2, 0.25) is 15.9 Å². The molecule has 0 spiro atoms. The SMILES string of the molecule is COC(=O)N1CCCN(C(=O)CCNS(=O)(=O)c2ccccc2Cl)CC1. The van der Waals surface area contributed by atoms with Crippen LogP contribution in [0, 0.1) is 0 Å². The number of amides is 2. The zero-order valence-corrected chi connectivity index (χ0v) is 16.1. The molecule has 1 heterocycles. The van der Waals surface area contributed by atoms with Gasteiger partial charge in [-0.3, -0.25) is 4.79 Å². The molecule has 0 atom stereocenters. The summed E-state index contributed by atoms with van der Waals surface area (Å²) >= 11 is 5.90. The zero-order chi connectivity index (χ0) is 19.2. The van der Waals surface area contributed by atoms with Gasteiger partial charge in [0.05, 0.1) is 12.1 Å². The highest BCUT2D eigenvalue weighted by Crippen LogP contribution is 2.20. The van der Waals surface area contributed by atoms with Crippen molar-refractivity contribution in [2.45, 2.75) is 17.7 Å². The van der Waals surface area contributed by atoms with E-state index >= 15 is 0 Å². The smallest absolute Gasteiger partial charge is 0.409 e. The Bertz CT molecular complexity index is 756. The maximum Gasteiger partial charge on any atom is 0.409 e. The van der Waals surface area contributed by atoms with Gasteiger partial charge < -0.3 is 14.5 Å².